The molecule has 0 spiro atoms. The van der Waals surface area contributed by atoms with Crippen molar-refractivity contribution in [3.8, 4) is 0 Å². The highest BCUT2D eigenvalue weighted by Crippen LogP contribution is 2.28. The minimum atomic E-state index is -0.156. The van der Waals surface area contributed by atoms with Crippen molar-refractivity contribution in [2.24, 2.45) is 0 Å². The predicted octanol–water partition coefficient (Wildman–Crippen LogP) is 1.69. The third-order valence-corrected chi connectivity index (χ3v) is 3.89. The van der Waals surface area contributed by atoms with Crippen molar-refractivity contribution >= 4 is 17.5 Å². The third kappa shape index (κ3) is 4.80. The van der Waals surface area contributed by atoms with Crippen LogP contribution in [0.25, 0.3) is 0 Å². The smallest absolute Gasteiger partial charge is 0.226 e. The quantitative estimate of drug-likeness (QED) is 0.544. The number of hydrogen-bond acceptors (Lipinski definition) is 4. The molecule has 0 aliphatic carbocycles. The maximum atomic E-state index is 13.5. The predicted molar refractivity (Wildman–Crippen MR) is 82.7 cm³/mol. The highest BCUT2D eigenvalue weighted by Gasteiger charge is 2.18. The average molecular weight is 307 g/mol. The number of nitrogen functional groups attached to an aromatic ring is 1. The number of carbonyl (C=O) groups is 2. The SMILES string of the molecule is Nc1ccc(C2CCNCC2)c(F)c1.O=C1CCCC(=O)N1. The molecule has 2 heterocycles. The van der Waals surface area contributed by atoms with E-state index in [1.807, 2.05) is 6.07 Å². The van der Waals surface area contributed by atoms with Crippen molar-refractivity contribution in [1.29, 1.82) is 0 Å². The van der Waals surface area contributed by atoms with Crippen molar-refractivity contribution in [2.45, 2.75) is 38.0 Å². The normalized spacial score (nSPS) is 19.1. The number of rotatable bonds is 1. The van der Waals surface area contributed by atoms with E-state index in [1.54, 1.807) is 6.07 Å². The van der Waals surface area contributed by atoms with Gasteiger partial charge in [-0.2, -0.15) is 0 Å². The number of anilines is 1. The fourth-order valence-corrected chi connectivity index (χ4v) is 2.70. The molecular formula is C16H22FN3O2. The van der Waals surface area contributed by atoms with Gasteiger partial charge in [0.25, 0.3) is 0 Å². The Hall–Kier alpha value is -1.95. The van der Waals surface area contributed by atoms with Gasteiger partial charge in [0, 0.05) is 18.5 Å². The van der Waals surface area contributed by atoms with Crippen LogP contribution in [0.5, 0.6) is 0 Å². The van der Waals surface area contributed by atoms with Crippen LogP contribution < -0.4 is 16.4 Å². The highest BCUT2D eigenvalue weighted by molar-refractivity contribution is 5.97. The highest BCUT2D eigenvalue weighted by atomic mass is 19.1. The largest absolute Gasteiger partial charge is 0.399 e. The second-order valence-electron chi connectivity index (χ2n) is 5.63. The summed E-state index contributed by atoms with van der Waals surface area (Å²) in [5.74, 6) is -0.0729. The Morgan fingerprint density at radius 3 is 2.23 bits per heavy atom. The minimum Gasteiger partial charge on any atom is -0.399 e. The van der Waals surface area contributed by atoms with Gasteiger partial charge in [-0.05, 0) is 56.0 Å². The summed E-state index contributed by atoms with van der Waals surface area (Å²) < 4.78 is 13.5. The van der Waals surface area contributed by atoms with Crippen molar-refractivity contribution < 1.29 is 14.0 Å². The molecule has 2 amide bonds. The van der Waals surface area contributed by atoms with Crippen LogP contribution in [0.4, 0.5) is 10.1 Å². The molecule has 5 nitrogen and oxygen atoms in total. The fraction of sp³-hybridized carbons (Fsp3) is 0.500. The maximum absolute atomic E-state index is 13.5. The number of benzene rings is 1. The monoisotopic (exact) mass is 307 g/mol. The minimum absolute atomic E-state index is 0.138. The molecular weight excluding hydrogens is 285 g/mol. The number of piperidine rings is 2. The zero-order chi connectivity index (χ0) is 15.9. The average Bonchev–Trinajstić information content (AvgIpc) is 2.48. The van der Waals surface area contributed by atoms with Gasteiger partial charge in [0.15, 0.2) is 0 Å². The number of hydrogen-bond donors (Lipinski definition) is 3. The third-order valence-electron chi connectivity index (χ3n) is 3.89. The van der Waals surface area contributed by atoms with Crippen molar-refractivity contribution in [3.63, 3.8) is 0 Å². The lowest BCUT2D eigenvalue weighted by Gasteiger charge is -2.23. The van der Waals surface area contributed by atoms with Crippen LogP contribution in [0.2, 0.25) is 0 Å². The van der Waals surface area contributed by atoms with E-state index in [-0.39, 0.29) is 17.6 Å². The molecule has 2 aliphatic rings. The molecule has 0 atom stereocenters. The topological polar surface area (TPSA) is 84.2 Å². The summed E-state index contributed by atoms with van der Waals surface area (Å²) in [6.07, 6.45) is 3.75. The molecule has 2 saturated heterocycles. The Bertz CT molecular complexity index is 528. The van der Waals surface area contributed by atoms with Crippen LogP contribution in [0, 0.1) is 5.82 Å². The van der Waals surface area contributed by atoms with Gasteiger partial charge in [-0.15, -0.1) is 0 Å². The number of amides is 2. The summed E-state index contributed by atoms with van der Waals surface area (Å²) in [5, 5.41) is 5.47. The van der Waals surface area contributed by atoms with Crippen LogP contribution in [-0.2, 0) is 9.59 Å². The van der Waals surface area contributed by atoms with Crippen molar-refractivity contribution in [1.82, 2.24) is 10.6 Å². The molecule has 120 valence electrons. The van der Waals surface area contributed by atoms with Gasteiger partial charge in [-0.3, -0.25) is 14.9 Å². The molecule has 0 saturated carbocycles. The Morgan fingerprint density at radius 1 is 1.09 bits per heavy atom. The van der Waals surface area contributed by atoms with Crippen LogP contribution in [0.1, 0.15) is 43.6 Å². The molecule has 6 heteroatoms. The number of nitrogens with two attached hydrogens (primary N) is 1. The summed E-state index contributed by atoms with van der Waals surface area (Å²) in [5.41, 5.74) is 6.82. The van der Waals surface area contributed by atoms with E-state index in [4.69, 9.17) is 5.73 Å². The lowest BCUT2D eigenvalue weighted by Crippen LogP contribution is -2.33. The number of imide groups is 1. The molecule has 0 radical (unpaired) electrons. The van der Waals surface area contributed by atoms with Gasteiger partial charge < -0.3 is 11.1 Å². The second-order valence-corrected chi connectivity index (χ2v) is 5.63. The Labute approximate surface area is 129 Å². The van der Waals surface area contributed by atoms with Gasteiger partial charge in [0.05, 0.1) is 0 Å². The van der Waals surface area contributed by atoms with E-state index in [0.29, 0.717) is 30.9 Å². The fourth-order valence-electron chi connectivity index (χ4n) is 2.70. The van der Waals surface area contributed by atoms with Gasteiger partial charge in [-0.1, -0.05) is 6.07 Å². The maximum Gasteiger partial charge on any atom is 0.226 e. The van der Waals surface area contributed by atoms with E-state index < -0.39 is 0 Å². The van der Waals surface area contributed by atoms with Crippen LogP contribution in [0.3, 0.4) is 0 Å². The first kappa shape index (κ1) is 16.4. The summed E-state index contributed by atoms with van der Waals surface area (Å²) in [4.78, 5) is 20.7. The molecule has 2 aliphatic heterocycles. The molecule has 1 aromatic rings. The van der Waals surface area contributed by atoms with Crippen molar-refractivity contribution in [2.75, 3.05) is 18.8 Å². The number of nitrogens with one attached hydrogen (secondary N) is 2. The van der Waals surface area contributed by atoms with Crippen molar-refractivity contribution in [3.05, 3.63) is 29.6 Å². The second kappa shape index (κ2) is 7.89. The molecule has 22 heavy (non-hydrogen) atoms. The van der Waals surface area contributed by atoms with E-state index >= 15 is 0 Å². The van der Waals surface area contributed by atoms with E-state index in [9.17, 15) is 14.0 Å². The molecule has 0 bridgehead atoms. The Kier molecular flexibility index (Phi) is 5.89. The summed E-state index contributed by atoms with van der Waals surface area (Å²) >= 11 is 0. The Morgan fingerprint density at radius 2 is 1.73 bits per heavy atom. The van der Waals surface area contributed by atoms with E-state index in [2.05, 4.69) is 10.6 Å². The summed E-state index contributed by atoms with van der Waals surface area (Å²) in [6, 6.07) is 5.01. The molecule has 4 N–H and O–H groups in total. The first-order valence-corrected chi connectivity index (χ1v) is 7.64. The van der Waals surface area contributed by atoms with Crippen LogP contribution in [-0.4, -0.2) is 24.9 Å². The molecule has 0 aromatic heterocycles. The van der Waals surface area contributed by atoms with Crippen LogP contribution in [0.15, 0.2) is 18.2 Å². The molecule has 3 rings (SSSR count). The summed E-state index contributed by atoms with van der Waals surface area (Å²) in [7, 11) is 0. The lowest BCUT2D eigenvalue weighted by atomic mass is 9.90. The molecule has 0 unspecified atom stereocenters. The summed E-state index contributed by atoms with van der Waals surface area (Å²) in [6.45, 7) is 1.96. The number of halogens is 1. The lowest BCUT2D eigenvalue weighted by molar-refractivity contribution is -0.132. The van der Waals surface area contributed by atoms with Gasteiger partial charge in [0.2, 0.25) is 11.8 Å². The zero-order valence-corrected chi connectivity index (χ0v) is 12.5. The van der Waals surface area contributed by atoms with Gasteiger partial charge in [-0.25, -0.2) is 4.39 Å². The van der Waals surface area contributed by atoms with Gasteiger partial charge in [0.1, 0.15) is 5.82 Å². The standard InChI is InChI=1S/C11H15FN2.C5H7NO2/c12-11-7-9(13)1-2-10(11)8-3-5-14-6-4-8;7-4-2-1-3-5(8)6-4/h1-2,7-8,14H,3-6,13H2;1-3H2,(H,6,7,8). The molecule has 1 aromatic carbocycles. The molecule has 2 fully saturated rings. The number of carbonyl (C=O) groups excluding carboxylic acids is 2. The first-order valence-electron chi connectivity index (χ1n) is 7.64. The van der Waals surface area contributed by atoms with Crippen LogP contribution >= 0.6 is 0 Å². The van der Waals surface area contributed by atoms with E-state index in [1.165, 1.54) is 6.07 Å². The van der Waals surface area contributed by atoms with Gasteiger partial charge >= 0.3 is 0 Å². The Balaban J connectivity index is 0.000000188. The van der Waals surface area contributed by atoms with E-state index in [0.717, 1.165) is 31.5 Å². The first-order chi connectivity index (χ1) is 10.6. The zero-order valence-electron chi connectivity index (χ0n) is 12.5.